The van der Waals surface area contributed by atoms with Gasteiger partial charge < -0.3 is 10.2 Å². The molecule has 2 aromatic rings. The van der Waals surface area contributed by atoms with Gasteiger partial charge in [-0.05, 0) is 43.5 Å². The molecule has 2 aromatic carbocycles. The lowest BCUT2D eigenvalue weighted by Gasteiger charge is -2.35. The maximum Gasteiger partial charge on any atom is 0.246 e. The van der Waals surface area contributed by atoms with Gasteiger partial charge in [0.1, 0.15) is 6.04 Å². The topological polar surface area (TPSA) is 32.3 Å². The van der Waals surface area contributed by atoms with Crippen molar-refractivity contribution in [3.05, 3.63) is 60.2 Å². The molecule has 1 amide bonds. The monoisotopic (exact) mass is 280 g/mol. The Kier molecular flexibility index (Phi) is 3.91. The molecule has 0 saturated heterocycles. The maximum absolute atomic E-state index is 12.5. The first-order chi connectivity index (χ1) is 10.3. The van der Waals surface area contributed by atoms with Crippen molar-refractivity contribution in [3.63, 3.8) is 0 Å². The summed E-state index contributed by atoms with van der Waals surface area (Å²) >= 11 is 0. The van der Waals surface area contributed by atoms with Crippen molar-refractivity contribution in [1.82, 2.24) is 0 Å². The van der Waals surface area contributed by atoms with Gasteiger partial charge in [-0.2, -0.15) is 0 Å². The number of nitrogens with zero attached hydrogens (tertiary/aromatic N) is 1. The number of amides is 1. The lowest BCUT2D eigenvalue weighted by Crippen LogP contribution is -2.44. The predicted molar refractivity (Wildman–Crippen MR) is 86.6 cm³/mol. The Morgan fingerprint density at radius 1 is 1.10 bits per heavy atom. The zero-order chi connectivity index (χ0) is 14.7. The summed E-state index contributed by atoms with van der Waals surface area (Å²) in [7, 11) is 0. The third-order valence-corrected chi connectivity index (χ3v) is 4.03. The van der Waals surface area contributed by atoms with Gasteiger partial charge in [-0.25, -0.2) is 0 Å². The molecule has 0 fully saturated rings. The Morgan fingerprint density at radius 2 is 1.81 bits per heavy atom. The third-order valence-electron chi connectivity index (χ3n) is 4.03. The largest absolute Gasteiger partial charge is 0.360 e. The summed E-state index contributed by atoms with van der Waals surface area (Å²) in [4.78, 5) is 14.7. The second-order valence-corrected chi connectivity index (χ2v) is 5.46. The van der Waals surface area contributed by atoms with Crippen LogP contribution in [0, 0.1) is 0 Å². The van der Waals surface area contributed by atoms with Crippen LogP contribution in [0.15, 0.2) is 54.6 Å². The van der Waals surface area contributed by atoms with Gasteiger partial charge in [0.25, 0.3) is 0 Å². The van der Waals surface area contributed by atoms with Crippen LogP contribution in [0.3, 0.4) is 0 Å². The predicted octanol–water partition coefficient (Wildman–Crippen LogP) is 3.47. The standard InChI is InChI=1S/C18H20N2O/c1-14(18(21)19-16-10-3-2-4-11-16)20-13-7-9-15-8-5-6-12-17(15)20/h2-6,8,10-12,14H,7,9,13H2,1H3,(H,19,21)/t14-/m1/s1. The normalized spacial score (nSPS) is 15.2. The minimum Gasteiger partial charge on any atom is -0.360 e. The molecular formula is C18H20N2O. The number of aryl methyl sites for hydroxylation is 1. The first kappa shape index (κ1) is 13.7. The van der Waals surface area contributed by atoms with Gasteiger partial charge in [0.2, 0.25) is 5.91 Å². The lowest BCUT2D eigenvalue weighted by molar-refractivity contribution is -0.117. The molecule has 108 valence electrons. The van der Waals surface area contributed by atoms with Crippen molar-refractivity contribution in [3.8, 4) is 0 Å². The van der Waals surface area contributed by atoms with Crippen LogP contribution in [0.1, 0.15) is 18.9 Å². The number of carbonyl (C=O) groups excluding carboxylic acids is 1. The van der Waals surface area contributed by atoms with Gasteiger partial charge in [-0.1, -0.05) is 36.4 Å². The number of hydrogen-bond acceptors (Lipinski definition) is 2. The molecular weight excluding hydrogens is 260 g/mol. The summed E-state index contributed by atoms with van der Waals surface area (Å²) in [5.74, 6) is 0.0397. The summed E-state index contributed by atoms with van der Waals surface area (Å²) < 4.78 is 0. The highest BCUT2D eigenvalue weighted by Crippen LogP contribution is 2.28. The molecule has 3 rings (SSSR count). The molecule has 1 N–H and O–H groups in total. The van der Waals surface area contributed by atoms with E-state index in [0.717, 1.165) is 25.1 Å². The minimum atomic E-state index is -0.174. The fourth-order valence-corrected chi connectivity index (χ4v) is 2.87. The second-order valence-electron chi connectivity index (χ2n) is 5.46. The number of nitrogens with one attached hydrogen (secondary N) is 1. The van der Waals surface area contributed by atoms with E-state index in [1.54, 1.807) is 0 Å². The molecule has 0 bridgehead atoms. The van der Waals surface area contributed by atoms with Crippen LogP contribution in [-0.2, 0) is 11.2 Å². The van der Waals surface area contributed by atoms with Crippen LogP contribution in [-0.4, -0.2) is 18.5 Å². The van der Waals surface area contributed by atoms with Crippen molar-refractivity contribution in [1.29, 1.82) is 0 Å². The van der Waals surface area contributed by atoms with Gasteiger partial charge in [0.05, 0.1) is 0 Å². The van der Waals surface area contributed by atoms with Crippen LogP contribution in [0.2, 0.25) is 0 Å². The van der Waals surface area contributed by atoms with Gasteiger partial charge in [-0.3, -0.25) is 4.79 Å². The van der Waals surface area contributed by atoms with E-state index in [1.165, 1.54) is 11.3 Å². The van der Waals surface area contributed by atoms with E-state index in [2.05, 4.69) is 28.4 Å². The van der Waals surface area contributed by atoms with Crippen LogP contribution in [0.4, 0.5) is 11.4 Å². The number of anilines is 2. The van der Waals surface area contributed by atoms with Gasteiger partial charge in [0.15, 0.2) is 0 Å². The van der Waals surface area contributed by atoms with E-state index in [1.807, 2.05) is 43.3 Å². The van der Waals surface area contributed by atoms with Crippen molar-refractivity contribution in [2.24, 2.45) is 0 Å². The number of benzene rings is 2. The van der Waals surface area contributed by atoms with Crippen molar-refractivity contribution < 1.29 is 4.79 Å². The van der Waals surface area contributed by atoms with Gasteiger partial charge in [0, 0.05) is 17.9 Å². The number of para-hydroxylation sites is 2. The molecule has 1 atom stereocenters. The molecule has 0 spiro atoms. The zero-order valence-electron chi connectivity index (χ0n) is 12.3. The molecule has 0 aliphatic carbocycles. The van der Waals surface area contributed by atoms with E-state index in [0.29, 0.717) is 0 Å². The lowest BCUT2D eigenvalue weighted by atomic mass is 10.00. The smallest absolute Gasteiger partial charge is 0.246 e. The molecule has 3 nitrogen and oxygen atoms in total. The SMILES string of the molecule is C[C@H](C(=O)Nc1ccccc1)N1CCCc2ccccc21. The average Bonchev–Trinajstić information content (AvgIpc) is 2.54. The van der Waals surface area contributed by atoms with E-state index < -0.39 is 0 Å². The fraction of sp³-hybridized carbons (Fsp3) is 0.278. The summed E-state index contributed by atoms with van der Waals surface area (Å²) in [6, 6.07) is 17.8. The van der Waals surface area contributed by atoms with Crippen LogP contribution < -0.4 is 10.2 Å². The first-order valence-corrected chi connectivity index (χ1v) is 7.46. The summed E-state index contributed by atoms with van der Waals surface area (Å²) in [6.07, 6.45) is 2.19. The highest BCUT2D eigenvalue weighted by Gasteiger charge is 2.25. The minimum absolute atomic E-state index is 0.0397. The van der Waals surface area contributed by atoms with Crippen LogP contribution >= 0.6 is 0 Å². The maximum atomic E-state index is 12.5. The first-order valence-electron chi connectivity index (χ1n) is 7.46. The van der Waals surface area contributed by atoms with Crippen LogP contribution in [0.25, 0.3) is 0 Å². The van der Waals surface area contributed by atoms with Crippen molar-refractivity contribution in [2.45, 2.75) is 25.8 Å². The molecule has 1 heterocycles. The number of hydrogen-bond donors (Lipinski definition) is 1. The third kappa shape index (κ3) is 2.92. The Bertz CT molecular complexity index is 624. The number of fused-ring (bicyclic) bond motifs is 1. The van der Waals surface area contributed by atoms with Crippen molar-refractivity contribution in [2.75, 3.05) is 16.8 Å². The van der Waals surface area contributed by atoms with Crippen molar-refractivity contribution >= 4 is 17.3 Å². The molecule has 0 unspecified atom stereocenters. The quantitative estimate of drug-likeness (QED) is 0.933. The van der Waals surface area contributed by atoms with E-state index in [9.17, 15) is 4.79 Å². The summed E-state index contributed by atoms with van der Waals surface area (Å²) in [6.45, 7) is 2.90. The van der Waals surface area contributed by atoms with Crippen LogP contribution in [0.5, 0.6) is 0 Å². The zero-order valence-corrected chi connectivity index (χ0v) is 12.3. The molecule has 0 saturated carbocycles. The highest BCUT2D eigenvalue weighted by atomic mass is 16.2. The Hall–Kier alpha value is -2.29. The number of rotatable bonds is 3. The van der Waals surface area contributed by atoms with Gasteiger partial charge >= 0.3 is 0 Å². The molecule has 1 aliphatic heterocycles. The summed E-state index contributed by atoms with van der Waals surface area (Å²) in [5, 5.41) is 2.99. The Morgan fingerprint density at radius 3 is 2.62 bits per heavy atom. The second kappa shape index (κ2) is 6.00. The molecule has 1 aliphatic rings. The number of carbonyl (C=O) groups is 1. The van der Waals surface area contributed by atoms with E-state index >= 15 is 0 Å². The molecule has 21 heavy (non-hydrogen) atoms. The summed E-state index contributed by atoms with van der Waals surface area (Å²) in [5.41, 5.74) is 3.38. The Balaban J connectivity index is 1.76. The Labute approximate surface area is 125 Å². The van der Waals surface area contributed by atoms with E-state index in [4.69, 9.17) is 0 Å². The molecule has 0 radical (unpaired) electrons. The highest BCUT2D eigenvalue weighted by molar-refractivity contribution is 5.96. The van der Waals surface area contributed by atoms with E-state index in [-0.39, 0.29) is 11.9 Å². The average molecular weight is 280 g/mol. The fourth-order valence-electron chi connectivity index (χ4n) is 2.87. The van der Waals surface area contributed by atoms with Gasteiger partial charge in [-0.15, -0.1) is 0 Å². The molecule has 0 aromatic heterocycles. The molecule has 3 heteroatoms.